The predicted molar refractivity (Wildman–Crippen MR) is 74.1 cm³/mol. The van der Waals surface area contributed by atoms with Crippen molar-refractivity contribution in [1.82, 2.24) is 4.98 Å². The number of ether oxygens (including phenoxy) is 1. The van der Waals surface area contributed by atoms with Crippen molar-refractivity contribution in [3.63, 3.8) is 0 Å². The molecule has 0 fully saturated rings. The first-order chi connectivity index (χ1) is 8.72. The summed E-state index contributed by atoms with van der Waals surface area (Å²) in [6, 6.07) is 11.9. The van der Waals surface area contributed by atoms with Crippen molar-refractivity contribution in [2.45, 2.75) is 20.0 Å². The summed E-state index contributed by atoms with van der Waals surface area (Å²) in [5.74, 6) is 0. The second kappa shape index (κ2) is 5.65. The molecule has 1 atom stereocenters. The van der Waals surface area contributed by atoms with Crippen molar-refractivity contribution < 1.29 is 4.74 Å². The molecule has 0 radical (unpaired) electrons. The highest BCUT2D eigenvalue weighted by Crippen LogP contribution is 2.25. The topological polar surface area (TPSA) is 48.1 Å². The summed E-state index contributed by atoms with van der Waals surface area (Å²) in [5, 5.41) is 0. The third-order valence-corrected chi connectivity index (χ3v) is 2.91. The lowest BCUT2D eigenvalue weighted by Gasteiger charge is -2.12. The van der Waals surface area contributed by atoms with Crippen LogP contribution in [-0.4, -0.2) is 11.6 Å². The summed E-state index contributed by atoms with van der Waals surface area (Å²) in [4.78, 5) is 4.30. The quantitative estimate of drug-likeness (QED) is 0.893. The molecule has 18 heavy (non-hydrogen) atoms. The Kier molecular flexibility index (Phi) is 3.95. The van der Waals surface area contributed by atoms with Crippen molar-refractivity contribution >= 4 is 5.69 Å². The normalized spacial score (nSPS) is 12.3. The highest BCUT2D eigenvalue weighted by atomic mass is 16.5. The average Bonchev–Trinajstić information content (AvgIpc) is 2.40. The molecule has 0 aliphatic rings. The largest absolute Gasteiger partial charge is 0.397 e. The van der Waals surface area contributed by atoms with E-state index >= 15 is 0 Å². The van der Waals surface area contributed by atoms with Gasteiger partial charge in [0.15, 0.2) is 0 Å². The van der Waals surface area contributed by atoms with Crippen LogP contribution in [0.15, 0.2) is 42.6 Å². The number of hydrogen-bond acceptors (Lipinski definition) is 3. The maximum atomic E-state index is 5.91. The monoisotopic (exact) mass is 242 g/mol. The van der Waals surface area contributed by atoms with Gasteiger partial charge in [-0.2, -0.15) is 0 Å². The fourth-order valence-corrected chi connectivity index (χ4v) is 1.92. The fourth-order valence-electron chi connectivity index (χ4n) is 1.92. The van der Waals surface area contributed by atoms with Crippen molar-refractivity contribution in [2.24, 2.45) is 0 Å². The van der Waals surface area contributed by atoms with E-state index in [0.717, 1.165) is 23.4 Å². The van der Waals surface area contributed by atoms with Gasteiger partial charge in [0.05, 0.1) is 17.5 Å². The molecule has 1 heterocycles. The molecule has 94 valence electrons. The second-order valence-electron chi connectivity index (χ2n) is 4.16. The third-order valence-electron chi connectivity index (χ3n) is 2.91. The Labute approximate surface area is 108 Å². The standard InChI is InChI=1S/C15H18N2O/c1-3-18-11(2)12-6-8-13(9-7-12)15-14(16)5-4-10-17-15/h4-11H,3,16H2,1-2H3. The van der Waals surface area contributed by atoms with E-state index in [1.54, 1.807) is 6.20 Å². The van der Waals surface area contributed by atoms with Gasteiger partial charge in [0, 0.05) is 18.4 Å². The smallest absolute Gasteiger partial charge is 0.0931 e. The number of pyridine rings is 1. The van der Waals surface area contributed by atoms with Crippen molar-refractivity contribution in [1.29, 1.82) is 0 Å². The van der Waals surface area contributed by atoms with Crippen LogP contribution in [0.1, 0.15) is 25.5 Å². The van der Waals surface area contributed by atoms with E-state index in [1.807, 2.05) is 38.1 Å². The molecule has 2 N–H and O–H groups in total. The van der Waals surface area contributed by atoms with E-state index in [0.29, 0.717) is 5.69 Å². The Morgan fingerprint density at radius 1 is 1.22 bits per heavy atom. The van der Waals surface area contributed by atoms with E-state index in [2.05, 4.69) is 17.1 Å². The van der Waals surface area contributed by atoms with E-state index in [9.17, 15) is 0 Å². The lowest BCUT2D eigenvalue weighted by molar-refractivity contribution is 0.0764. The number of rotatable bonds is 4. The van der Waals surface area contributed by atoms with Crippen molar-refractivity contribution in [2.75, 3.05) is 12.3 Å². The Balaban J connectivity index is 2.25. The van der Waals surface area contributed by atoms with Crippen LogP contribution >= 0.6 is 0 Å². The Morgan fingerprint density at radius 3 is 2.56 bits per heavy atom. The van der Waals surface area contributed by atoms with Gasteiger partial charge in [-0.25, -0.2) is 0 Å². The van der Waals surface area contributed by atoms with Gasteiger partial charge in [-0.3, -0.25) is 4.98 Å². The number of anilines is 1. The van der Waals surface area contributed by atoms with Gasteiger partial charge < -0.3 is 10.5 Å². The Morgan fingerprint density at radius 2 is 1.94 bits per heavy atom. The summed E-state index contributed by atoms with van der Waals surface area (Å²) in [5.41, 5.74) is 9.63. The Bertz CT molecular complexity index is 508. The van der Waals surface area contributed by atoms with Crippen LogP contribution in [0, 0.1) is 0 Å². The summed E-state index contributed by atoms with van der Waals surface area (Å²) < 4.78 is 5.56. The number of benzene rings is 1. The maximum Gasteiger partial charge on any atom is 0.0931 e. The first kappa shape index (κ1) is 12.6. The molecular weight excluding hydrogens is 224 g/mol. The molecule has 2 aromatic rings. The molecule has 3 nitrogen and oxygen atoms in total. The molecule has 3 heteroatoms. The van der Waals surface area contributed by atoms with Gasteiger partial charge >= 0.3 is 0 Å². The van der Waals surface area contributed by atoms with Crippen LogP contribution < -0.4 is 5.73 Å². The highest BCUT2D eigenvalue weighted by molar-refractivity contribution is 5.72. The SMILES string of the molecule is CCOC(C)c1ccc(-c2ncccc2N)cc1. The molecule has 0 bridgehead atoms. The van der Waals surface area contributed by atoms with Crippen LogP contribution in [0.4, 0.5) is 5.69 Å². The zero-order chi connectivity index (χ0) is 13.0. The van der Waals surface area contributed by atoms with Gasteiger partial charge in [-0.05, 0) is 31.5 Å². The van der Waals surface area contributed by atoms with Crippen LogP contribution in [0.2, 0.25) is 0 Å². The van der Waals surface area contributed by atoms with Crippen molar-refractivity contribution in [3.05, 3.63) is 48.2 Å². The van der Waals surface area contributed by atoms with Crippen LogP contribution in [0.3, 0.4) is 0 Å². The molecule has 1 unspecified atom stereocenters. The zero-order valence-corrected chi connectivity index (χ0v) is 10.8. The average molecular weight is 242 g/mol. The fraction of sp³-hybridized carbons (Fsp3) is 0.267. The minimum atomic E-state index is 0.116. The van der Waals surface area contributed by atoms with E-state index < -0.39 is 0 Å². The summed E-state index contributed by atoms with van der Waals surface area (Å²) >= 11 is 0. The molecular formula is C15H18N2O. The third kappa shape index (κ3) is 2.68. The van der Waals surface area contributed by atoms with E-state index in [4.69, 9.17) is 10.5 Å². The predicted octanol–water partition coefficient (Wildman–Crippen LogP) is 3.43. The van der Waals surface area contributed by atoms with Gasteiger partial charge in [0.1, 0.15) is 0 Å². The molecule has 1 aromatic carbocycles. The molecule has 2 rings (SSSR count). The minimum Gasteiger partial charge on any atom is -0.397 e. The van der Waals surface area contributed by atoms with Gasteiger partial charge in [-0.15, -0.1) is 0 Å². The molecule has 0 spiro atoms. The summed E-state index contributed by atoms with van der Waals surface area (Å²) in [6.45, 7) is 4.77. The van der Waals surface area contributed by atoms with Crippen LogP contribution in [0.25, 0.3) is 11.3 Å². The lowest BCUT2D eigenvalue weighted by atomic mass is 10.0. The van der Waals surface area contributed by atoms with Gasteiger partial charge in [0.25, 0.3) is 0 Å². The number of nitrogens with zero attached hydrogens (tertiary/aromatic N) is 1. The molecule has 0 aliphatic heterocycles. The second-order valence-corrected chi connectivity index (χ2v) is 4.16. The molecule has 0 amide bonds. The van der Waals surface area contributed by atoms with Crippen LogP contribution in [0.5, 0.6) is 0 Å². The van der Waals surface area contributed by atoms with Crippen molar-refractivity contribution in [3.8, 4) is 11.3 Å². The van der Waals surface area contributed by atoms with Gasteiger partial charge in [0.2, 0.25) is 0 Å². The molecule has 0 aliphatic carbocycles. The summed E-state index contributed by atoms with van der Waals surface area (Å²) in [6.07, 6.45) is 1.87. The van der Waals surface area contributed by atoms with Crippen LogP contribution in [-0.2, 0) is 4.74 Å². The first-order valence-corrected chi connectivity index (χ1v) is 6.14. The minimum absolute atomic E-state index is 0.116. The maximum absolute atomic E-state index is 5.91. The van der Waals surface area contributed by atoms with E-state index in [-0.39, 0.29) is 6.10 Å². The number of nitrogens with two attached hydrogens (primary N) is 1. The molecule has 0 saturated heterocycles. The Hall–Kier alpha value is -1.87. The molecule has 0 saturated carbocycles. The lowest BCUT2D eigenvalue weighted by Crippen LogP contribution is -1.99. The number of hydrogen-bond donors (Lipinski definition) is 1. The zero-order valence-electron chi connectivity index (χ0n) is 10.8. The van der Waals surface area contributed by atoms with Gasteiger partial charge in [-0.1, -0.05) is 24.3 Å². The van der Waals surface area contributed by atoms with E-state index in [1.165, 1.54) is 0 Å². The summed E-state index contributed by atoms with van der Waals surface area (Å²) in [7, 11) is 0. The number of aromatic nitrogens is 1. The molecule has 1 aromatic heterocycles. The number of nitrogen functional groups attached to an aromatic ring is 1. The highest BCUT2D eigenvalue weighted by Gasteiger charge is 2.07. The first-order valence-electron chi connectivity index (χ1n) is 6.14.